The van der Waals surface area contributed by atoms with E-state index in [1.54, 1.807) is 19.9 Å². The molecule has 9 heteroatoms. The summed E-state index contributed by atoms with van der Waals surface area (Å²) in [4.78, 5) is 14.7. The molecule has 6 nitrogen and oxygen atoms in total. The van der Waals surface area contributed by atoms with Crippen LogP contribution >= 0.6 is 0 Å². The van der Waals surface area contributed by atoms with Gasteiger partial charge in [-0.3, -0.25) is 9.69 Å². The first kappa shape index (κ1) is 18.9. The monoisotopic (exact) mass is 408 g/mol. The number of hydrogen-bond acceptors (Lipinski definition) is 5. The zero-order chi connectivity index (χ0) is 21.0. The van der Waals surface area contributed by atoms with Crippen molar-refractivity contribution in [3.05, 3.63) is 29.3 Å². The lowest BCUT2D eigenvalue weighted by molar-refractivity contribution is -0.149. The fourth-order valence-corrected chi connectivity index (χ4v) is 5.93. The number of carbonyl (C=O) groups excluding carboxylic acids is 1. The van der Waals surface area contributed by atoms with E-state index >= 15 is 0 Å². The standard InChI is InChI=1S/C20H19F3N2O4/c1-17(27)9-19-5-6-28-16-14(19)13(18(17,2)29-19)15(26)25(16)11-4-3-10(8-24)12(7-11)20(21,22)23/h3-4,7,13-14,16,27H,5-6,9H2,1-2H3/t13-,14+,16+,17+,18+,19+/m1/s1. The van der Waals surface area contributed by atoms with Crippen molar-refractivity contribution < 1.29 is 32.5 Å². The summed E-state index contributed by atoms with van der Waals surface area (Å²) >= 11 is 0. The van der Waals surface area contributed by atoms with Crippen LogP contribution in [0.5, 0.6) is 0 Å². The number of fused-ring (bicyclic) bond motifs is 2. The Balaban J connectivity index is 1.63. The van der Waals surface area contributed by atoms with Crippen molar-refractivity contribution >= 4 is 11.6 Å². The lowest BCUT2D eigenvalue weighted by Crippen LogP contribution is -2.58. The highest BCUT2D eigenvalue weighted by Gasteiger charge is 2.81. The van der Waals surface area contributed by atoms with Gasteiger partial charge < -0.3 is 14.6 Å². The topological polar surface area (TPSA) is 82.8 Å². The van der Waals surface area contributed by atoms with Gasteiger partial charge in [0.25, 0.3) is 0 Å². The first-order chi connectivity index (χ1) is 13.5. The van der Waals surface area contributed by atoms with Crippen molar-refractivity contribution in [1.29, 1.82) is 5.26 Å². The quantitative estimate of drug-likeness (QED) is 0.773. The van der Waals surface area contributed by atoms with E-state index in [1.165, 1.54) is 11.0 Å². The Hall–Kier alpha value is -2.15. The number of hydrogen-bond donors (Lipinski definition) is 1. The number of aliphatic hydroxyl groups is 1. The highest BCUT2D eigenvalue weighted by Crippen LogP contribution is 2.68. The molecule has 6 atom stereocenters. The molecule has 1 amide bonds. The van der Waals surface area contributed by atoms with Crippen molar-refractivity contribution in [3.63, 3.8) is 0 Å². The van der Waals surface area contributed by atoms with Crippen LogP contribution < -0.4 is 4.90 Å². The molecule has 0 aliphatic carbocycles. The Morgan fingerprint density at radius 2 is 2.07 bits per heavy atom. The van der Waals surface area contributed by atoms with Gasteiger partial charge >= 0.3 is 6.18 Å². The molecule has 4 aliphatic heterocycles. The molecule has 2 bridgehead atoms. The van der Waals surface area contributed by atoms with E-state index in [-0.39, 0.29) is 18.2 Å². The molecule has 5 rings (SSSR count). The fraction of sp³-hybridized carbons (Fsp3) is 0.600. The number of rotatable bonds is 1. The predicted molar refractivity (Wildman–Crippen MR) is 92.4 cm³/mol. The first-order valence-corrected chi connectivity index (χ1v) is 9.44. The highest BCUT2D eigenvalue weighted by molar-refractivity contribution is 6.00. The Morgan fingerprint density at radius 3 is 2.72 bits per heavy atom. The molecule has 4 aliphatic rings. The summed E-state index contributed by atoms with van der Waals surface area (Å²) in [6, 6.07) is 4.78. The Morgan fingerprint density at radius 1 is 1.34 bits per heavy atom. The van der Waals surface area contributed by atoms with E-state index in [1.807, 2.05) is 0 Å². The molecular weight excluding hydrogens is 389 g/mol. The fourth-order valence-electron chi connectivity index (χ4n) is 5.93. The molecule has 0 radical (unpaired) electrons. The normalized spacial score (nSPS) is 42.9. The van der Waals surface area contributed by atoms with E-state index in [9.17, 15) is 23.1 Å². The zero-order valence-electron chi connectivity index (χ0n) is 15.8. The molecule has 29 heavy (non-hydrogen) atoms. The summed E-state index contributed by atoms with van der Waals surface area (Å²) < 4.78 is 52.4. The number of halogens is 3. The van der Waals surface area contributed by atoms with Crippen LogP contribution in [0.15, 0.2) is 18.2 Å². The molecule has 1 spiro atoms. The Kier molecular flexibility index (Phi) is 3.45. The molecule has 0 unspecified atom stereocenters. The molecule has 1 aromatic carbocycles. The van der Waals surface area contributed by atoms with Crippen LogP contribution in [0.3, 0.4) is 0 Å². The summed E-state index contributed by atoms with van der Waals surface area (Å²) in [5.41, 5.74) is -4.69. The number of anilines is 1. The van der Waals surface area contributed by atoms with E-state index < -0.39 is 52.2 Å². The van der Waals surface area contributed by atoms with Crippen LogP contribution in [0.4, 0.5) is 18.9 Å². The SMILES string of the molecule is C[C@]1(O)C[C@@]23CCO[C@H]4[C@@H]2[C@H](C(=O)N4c2ccc(C#N)c(C(F)(F)F)c2)[C@]1(C)O3. The Bertz CT molecular complexity index is 971. The summed E-state index contributed by atoms with van der Waals surface area (Å²) in [5.74, 6) is -1.52. The molecule has 0 saturated carbocycles. The molecule has 4 heterocycles. The summed E-state index contributed by atoms with van der Waals surface area (Å²) in [6.45, 7) is 3.61. The average molecular weight is 408 g/mol. The molecule has 4 saturated heterocycles. The molecule has 1 aromatic rings. The number of benzene rings is 1. The third-order valence-electron chi connectivity index (χ3n) is 7.27. The molecule has 154 valence electrons. The second-order valence-electron chi connectivity index (χ2n) is 8.79. The van der Waals surface area contributed by atoms with Crippen molar-refractivity contribution in [2.24, 2.45) is 11.8 Å². The van der Waals surface area contributed by atoms with Crippen LogP contribution in [0.25, 0.3) is 0 Å². The molecule has 4 fully saturated rings. The summed E-state index contributed by atoms with van der Waals surface area (Å²) in [6.07, 6.45) is -4.64. The van der Waals surface area contributed by atoms with E-state index in [0.29, 0.717) is 12.8 Å². The third kappa shape index (κ3) is 2.14. The van der Waals surface area contributed by atoms with Gasteiger partial charge in [-0.1, -0.05) is 0 Å². The van der Waals surface area contributed by atoms with Crippen LogP contribution in [-0.2, 0) is 20.4 Å². The molecular formula is C20H19F3N2O4. The minimum atomic E-state index is -4.73. The zero-order valence-corrected chi connectivity index (χ0v) is 15.8. The number of nitrogens with zero attached hydrogens (tertiary/aromatic N) is 2. The van der Waals surface area contributed by atoms with E-state index in [2.05, 4.69) is 0 Å². The van der Waals surface area contributed by atoms with E-state index in [0.717, 1.165) is 12.1 Å². The smallest absolute Gasteiger partial charge is 0.387 e. The maximum atomic E-state index is 13.4. The minimum Gasteiger partial charge on any atom is -0.387 e. The van der Waals surface area contributed by atoms with Gasteiger partial charge in [0, 0.05) is 24.4 Å². The number of amides is 1. The van der Waals surface area contributed by atoms with Crippen LogP contribution in [0, 0.1) is 23.2 Å². The highest BCUT2D eigenvalue weighted by atomic mass is 19.4. The van der Waals surface area contributed by atoms with Crippen molar-refractivity contribution in [1.82, 2.24) is 0 Å². The average Bonchev–Trinajstić information content (AvgIpc) is 3.15. The first-order valence-electron chi connectivity index (χ1n) is 9.44. The number of ether oxygens (including phenoxy) is 2. The van der Waals surface area contributed by atoms with Gasteiger partial charge in [0.1, 0.15) is 11.8 Å². The van der Waals surface area contributed by atoms with Crippen molar-refractivity contribution in [3.8, 4) is 6.07 Å². The molecule has 1 N–H and O–H groups in total. The van der Waals surface area contributed by atoms with Gasteiger partial charge in [-0.2, -0.15) is 18.4 Å². The van der Waals surface area contributed by atoms with Gasteiger partial charge in [-0.05, 0) is 32.0 Å². The second-order valence-corrected chi connectivity index (χ2v) is 8.79. The maximum Gasteiger partial charge on any atom is 0.417 e. The van der Waals surface area contributed by atoms with Gasteiger partial charge in [0.2, 0.25) is 5.91 Å². The summed E-state index contributed by atoms with van der Waals surface area (Å²) in [5, 5.41) is 20.0. The Labute approximate surface area is 164 Å². The van der Waals surface area contributed by atoms with Gasteiger partial charge in [0.15, 0.2) is 0 Å². The lowest BCUT2D eigenvalue weighted by Gasteiger charge is -2.44. The van der Waals surface area contributed by atoms with Crippen molar-refractivity contribution in [2.75, 3.05) is 11.5 Å². The minimum absolute atomic E-state index is 0.0282. The van der Waals surface area contributed by atoms with Crippen LogP contribution in [0.1, 0.15) is 37.8 Å². The number of alkyl halides is 3. The van der Waals surface area contributed by atoms with Crippen LogP contribution in [0.2, 0.25) is 0 Å². The van der Waals surface area contributed by atoms with Crippen molar-refractivity contribution in [2.45, 2.75) is 55.9 Å². The van der Waals surface area contributed by atoms with Crippen LogP contribution in [-0.4, -0.2) is 40.7 Å². The second kappa shape index (κ2) is 5.31. The molecule has 0 aromatic heterocycles. The number of carbonyl (C=O) groups is 1. The summed E-state index contributed by atoms with van der Waals surface area (Å²) in [7, 11) is 0. The van der Waals surface area contributed by atoms with E-state index in [4.69, 9.17) is 14.7 Å². The predicted octanol–water partition coefficient (Wildman–Crippen LogP) is 2.58. The maximum absolute atomic E-state index is 13.4. The van der Waals surface area contributed by atoms with Gasteiger partial charge in [0.05, 0.1) is 40.9 Å². The third-order valence-corrected chi connectivity index (χ3v) is 7.27. The largest absolute Gasteiger partial charge is 0.417 e. The van der Waals surface area contributed by atoms with Gasteiger partial charge in [-0.15, -0.1) is 0 Å². The van der Waals surface area contributed by atoms with Gasteiger partial charge in [-0.25, -0.2) is 0 Å². The lowest BCUT2D eigenvalue weighted by atomic mass is 9.60. The number of nitriles is 1.